The van der Waals surface area contributed by atoms with Crippen LogP contribution in [0.25, 0.3) is 16.9 Å². The quantitative estimate of drug-likeness (QED) is 0.597. The molecule has 0 spiro atoms. The minimum absolute atomic E-state index is 0.0747. The van der Waals surface area contributed by atoms with E-state index in [1.165, 1.54) is 12.1 Å². The molecule has 0 saturated carbocycles. The number of anilines is 1. The Hall–Kier alpha value is -2.86. The lowest BCUT2D eigenvalue weighted by Gasteiger charge is -2.07. The van der Waals surface area contributed by atoms with Crippen molar-refractivity contribution in [2.45, 2.75) is 6.54 Å². The third-order valence-corrected chi connectivity index (χ3v) is 3.90. The molecular weight excluding hydrogens is 331 g/mol. The second kappa shape index (κ2) is 5.98. The summed E-state index contributed by atoms with van der Waals surface area (Å²) in [4.78, 5) is 4.53. The van der Waals surface area contributed by atoms with Crippen LogP contribution >= 0.6 is 11.6 Å². The number of imidazole rings is 1. The first kappa shape index (κ1) is 14.7. The number of benzene rings is 1. The van der Waals surface area contributed by atoms with Crippen molar-refractivity contribution in [1.29, 1.82) is 0 Å². The molecule has 4 rings (SSSR count). The number of aromatic nitrogens is 3. The van der Waals surface area contributed by atoms with Crippen molar-refractivity contribution in [3.05, 3.63) is 71.5 Å². The minimum atomic E-state index is -0.489. The Labute approximate surface area is 141 Å². The van der Waals surface area contributed by atoms with Crippen LogP contribution in [0.4, 0.5) is 10.2 Å². The van der Waals surface area contributed by atoms with E-state index in [1.54, 1.807) is 29.1 Å². The molecule has 0 aliphatic carbocycles. The van der Waals surface area contributed by atoms with Crippen molar-refractivity contribution in [2.24, 2.45) is 0 Å². The van der Waals surface area contributed by atoms with Gasteiger partial charge in [0.15, 0.2) is 11.5 Å². The van der Waals surface area contributed by atoms with E-state index in [4.69, 9.17) is 16.0 Å². The van der Waals surface area contributed by atoms with Crippen LogP contribution in [-0.2, 0) is 6.54 Å². The fourth-order valence-corrected chi connectivity index (χ4v) is 2.62. The molecule has 0 saturated heterocycles. The summed E-state index contributed by atoms with van der Waals surface area (Å²) in [5.41, 5.74) is 1.95. The van der Waals surface area contributed by atoms with Gasteiger partial charge in [-0.3, -0.25) is 0 Å². The van der Waals surface area contributed by atoms with E-state index in [9.17, 15) is 4.39 Å². The molecule has 4 aromatic rings. The summed E-state index contributed by atoms with van der Waals surface area (Å²) in [6.07, 6.45) is 3.26. The van der Waals surface area contributed by atoms with Gasteiger partial charge in [0.05, 0.1) is 17.8 Å². The first-order valence-corrected chi connectivity index (χ1v) is 7.65. The zero-order valence-corrected chi connectivity index (χ0v) is 13.2. The molecule has 5 nitrogen and oxygen atoms in total. The van der Waals surface area contributed by atoms with E-state index < -0.39 is 5.82 Å². The van der Waals surface area contributed by atoms with Gasteiger partial charge in [0.1, 0.15) is 17.3 Å². The summed E-state index contributed by atoms with van der Waals surface area (Å²) in [6.45, 7) is 0.458. The molecule has 0 radical (unpaired) electrons. The van der Waals surface area contributed by atoms with Gasteiger partial charge in [-0.15, -0.1) is 0 Å². The fraction of sp³-hybridized carbons (Fsp3) is 0.0588. The van der Waals surface area contributed by atoms with Gasteiger partial charge in [-0.1, -0.05) is 17.7 Å². The Morgan fingerprint density at radius 2 is 2.12 bits per heavy atom. The molecule has 0 unspecified atom stereocenters. The molecular formula is C17H12ClFN4O. The van der Waals surface area contributed by atoms with Gasteiger partial charge >= 0.3 is 0 Å². The highest BCUT2D eigenvalue weighted by molar-refractivity contribution is 6.30. The molecule has 0 aliphatic heterocycles. The lowest BCUT2D eigenvalue weighted by atomic mass is 10.1. The summed E-state index contributed by atoms with van der Waals surface area (Å²) in [5.74, 6) is 0.872. The Balaban J connectivity index is 1.81. The van der Waals surface area contributed by atoms with E-state index in [1.807, 2.05) is 18.2 Å². The predicted molar refractivity (Wildman–Crippen MR) is 89.4 cm³/mol. The van der Waals surface area contributed by atoms with Gasteiger partial charge in [0.25, 0.3) is 0 Å². The molecule has 1 aromatic carbocycles. The van der Waals surface area contributed by atoms with E-state index in [0.717, 1.165) is 5.76 Å². The SMILES string of the molecule is Fc1cc(-c2c(NCc3ccco3)nc3cccnn23)ccc1Cl. The number of rotatable bonds is 4. The third-order valence-electron chi connectivity index (χ3n) is 3.60. The lowest BCUT2D eigenvalue weighted by molar-refractivity contribution is 0.518. The van der Waals surface area contributed by atoms with Gasteiger partial charge < -0.3 is 9.73 Å². The Kier molecular flexibility index (Phi) is 3.66. The molecule has 0 amide bonds. The number of furan rings is 1. The van der Waals surface area contributed by atoms with Gasteiger partial charge in [-0.2, -0.15) is 5.10 Å². The number of hydrogen-bond donors (Lipinski definition) is 1. The third kappa shape index (κ3) is 2.61. The van der Waals surface area contributed by atoms with Crippen LogP contribution in [0, 0.1) is 5.82 Å². The second-order valence-electron chi connectivity index (χ2n) is 5.16. The van der Waals surface area contributed by atoms with Crippen LogP contribution < -0.4 is 5.32 Å². The monoisotopic (exact) mass is 342 g/mol. The standard InChI is InChI=1S/C17H12ClFN4O/c18-13-6-5-11(9-14(13)19)16-17(20-10-12-3-2-8-24-12)22-15-4-1-7-21-23(15)16/h1-9,20H,10H2. The number of hydrogen-bond acceptors (Lipinski definition) is 4. The highest BCUT2D eigenvalue weighted by Crippen LogP contribution is 2.30. The van der Waals surface area contributed by atoms with E-state index in [2.05, 4.69) is 15.4 Å². The Morgan fingerprint density at radius 1 is 1.21 bits per heavy atom. The zero-order chi connectivity index (χ0) is 16.5. The molecule has 0 atom stereocenters. The number of nitrogens with one attached hydrogen (secondary N) is 1. The van der Waals surface area contributed by atoms with Crippen molar-refractivity contribution in [3.63, 3.8) is 0 Å². The average molecular weight is 343 g/mol. The topological polar surface area (TPSA) is 55.4 Å². The zero-order valence-electron chi connectivity index (χ0n) is 12.4. The smallest absolute Gasteiger partial charge is 0.156 e. The summed E-state index contributed by atoms with van der Waals surface area (Å²) in [6, 6.07) is 11.9. The van der Waals surface area contributed by atoms with E-state index >= 15 is 0 Å². The lowest BCUT2D eigenvalue weighted by Crippen LogP contribution is -2.01. The first-order chi connectivity index (χ1) is 11.7. The highest BCUT2D eigenvalue weighted by Gasteiger charge is 2.16. The second-order valence-corrected chi connectivity index (χ2v) is 5.57. The van der Waals surface area contributed by atoms with Crippen LogP contribution in [0.2, 0.25) is 5.02 Å². The maximum atomic E-state index is 13.9. The van der Waals surface area contributed by atoms with Gasteiger partial charge in [-0.05, 0) is 36.4 Å². The largest absolute Gasteiger partial charge is 0.467 e. The Morgan fingerprint density at radius 3 is 2.92 bits per heavy atom. The molecule has 0 bridgehead atoms. The van der Waals surface area contributed by atoms with Crippen LogP contribution in [0.15, 0.2) is 59.3 Å². The fourth-order valence-electron chi connectivity index (χ4n) is 2.50. The average Bonchev–Trinajstić information content (AvgIpc) is 3.22. The van der Waals surface area contributed by atoms with Crippen molar-refractivity contribution in [1.82, 2.24) is 14.6 Å². The van der Waals surface area contributed by atoms with Gasteiger partial charge in [0, 0.05) is 11.8 Å². The van der Waals surface area contributed by atoms with E-state index in [0.29, 0.717) is 29.3 Å². The molecule has 0 aliphatic rings. The summed E-state index contributed by atoms with van der Waals surface area (Å²) in [5, 5.41) is 7.60. The predicted octanol–water partition coefficient (Wildman–Crippen LogP) is 4.39. The molecule has 24 heavy (non-hydrogen) atoms. The minimum Gasteiger partial charge on any atom is -0.467 e. The number of nitrogens with zero attached hydrogens (tertiary/aromatic N) is 3. The molecule has 3 heterocycles. The first-order valence-electron chi connectivity index (χ1n) is 7.28. The molecule has 3 aromatic heterocycles. The Bertz CT molecular complexity index is 997. The van der Waals surface area contributed by atoms with Crippen molar-refractivity contribution in [2.75, 3.05) is 5.32 Å². The van der Waals surface area contributed by atoms with Gasteiger partial charge in [-0.25, -0.2) is 13.9 Å². The number of halogens is 2. The van der Waals surface area contributed by atoms with Gasteiger partial charge in [0.2, 0.25) is 0 Å². The highest BCUT2D eigenvalue weighted by atomic mass is 35.5. The van der Waals surface area contributed by atoms with Crippen LogP contribution in [0.5, 0.6) is 0 Å². The van der Waals surface area contributed by atoms with Crippen molar-refractivity contribution in [3.8, 4) is 11.3 Å². The molecule has 1 N–H and O–H groups in total. The van der Waals surface area contributed by atoms with Crippen LogP contribution in [-0.4, -0.2) is 14.6 Å². The maximum absolute atomic E-state index is 13.9. The summed E-state index contributed by atoms with van der Waals surface area (Å²) in [7, 11) is 0. The molecule has 7 heteroatoms. The van der Waals surface area contributed by atoms with Crippen LogP contribution in [0.3, 0.4) is 0 Å². The maximum Gasteiger partial charge on any atom is 0.156 e. The summed E-state index contributed by atoms with van der Waals surface area (Å²) >= 11 is 5.79. The van der Waals surface area contributed by atoms with Crippen molar-refractivity contribution >= 4 is 23.1 Å². The molecule has 120 valence electrons. The number of fused-ring (bicyclic) bond motifs is 1. The van der Waals surface area contributed by atoms with E-state index in [-0.39, 0.29) is 5.02 Å². The summed E-state index contributed by atoms with van der Waals surface area (Å²) < 4.78 is 20.9. The normalized spacial score (nSPS) is 11.1. The van der Waals surface area contributed by atoms with Crippen LogP contribution in [0.1, 0.15) is 5.76 Å². The van der Waals surface area contributed by atoms with Crippen molar-refractivity contribution < 1.29 is 8.81 Å². The molecule has 0 fully saturated rings.